The normalized spacial score (nSPS) is 10.4. The molecule has 7 heteroatoms. The van der Waals surface area contributed by atoms with E-state index in [2.05, 4.69) is 31.6 Å². The average Bonchev–Trinajstić information content (AvgIpc) is 2.88. The van der Waals surface area contributed by atoms with Crippen molar-refractivity contribution in [2.45, 2.75) is 23.4 Å². The topological polar surface area (TPSA) is 63.6 Å². The molecule has 1 N–H and O–H groups in total. The SMILES string of the molecule is CCCNc1cnc(CSc2ncns2)cn1. The second-order valence-corrected chi connectivity index (χ2v) is 5.32. The van der Waals surface area contributed by atoms with E-state index in [1.807, 2.05) is 0 Å². The van der Waals surface area contributed by atoms with E-state index in [9.17, 15) is 0 Å². The summed E-state index contributed by atoms with van der Waals surface area (Å²) in [6.07, 6.45) is 6.21. The fourth-order valence-corrected chi connectivity index (χ4v) is 2.47. The smallest absolute Gasteiger partial charge is 0.170 e. The maximum absolute atomic E-state index is 4.34. The third-order valence-electron chi connectivity index (χ3n) is 1.95. The highest BCUT2D eigenvalue weighted by molar-refractivity contribution is 8.00. The summed E-state index contributed by atoms with van der Waals surface area (Å²) in [5.74, 6) is 1.60. The first-order valence-corrected chi connectivity index (χ1v) is 7.08. The zero-order chi connectivity index (χ0) is 11.9. The van der Waals surface area contributed by atoms with Gasteiger partial charge in [0.1, 0.15) is 12.1 Å². The molecule has 0 fully saturated rings. The quantitative estimate of drug-likeness (QED) is 0.811. The number of aromatic nitrogens is 4. The van der Waals surface area contributed by atoms with Crippen LogP contribution in [0.1, 0.15) is 19.0 Å². The van der Waals surface area contributed by atoms with E-state index in [0.29, 0.717) is 0 Å². The van der Waals surface area contributed by atoms with Crippen molar-refractivity contribution in [2.24, 2.45) is 0 Å². The van der Waals surface area contributed by atoms with Crippen LogP contribution in [0.5, 0.6) is 0 Å². The van der Waals surface area contributed by atoms with Crippen LogP contribution >= 0.6 is 23.3 Å². The number of anilines is 1. The van der Waals surface area contributed by atoms with Gasteiger partial charge in [0.05, 0.1) is 18.1 Å². The van der Waals surface area contributed by atoms with Gasteiger partial charge >= 0.3 is 0 Å². The van der Waals surface area contributed by atoms with Crippen LogP contribution in [0.25, 0.3) is 0 Å². The van der Waals surface area contributed by atoms with Gasteiger partial charge in [-0.2, -0.15) is 4.37 Å². The highest BCUT2D eigenvalue weighted by Gasteiger charge is 2.01. The Hall–Kier alpha value is -1.21. The van der Waals surface area contributed by atoms with Crippen LogP contribution in [0.4, 0.5) is 5.82 Å². The molecule has 2 heterocycles. The van der Waals surface area contributed by atoms with Gasteiger partial charge in [-0.3, -0.25) is 4.98 Å². The summed E-state index contributed by atoms with van der Waals surface area (Å²) in [5, 5.41) is 3.19. The Morgan fingerprint density at radius 2 is 2.24 bits per heavy atom. The zero-order valence-electron chi connectivity index (χ0n) is 9.46. The molecule has 0 radical (unpaired) electrons. The Kier molecular flexibility index (Phi) is 4.69. The van der Waals surface area contributed by atoms with Crippen molar-refractivity contribution in [1.29, 1.82) is 0 Å². The van der Waals surface area contributed by atoms with Crippen molar-refractivity contribution in [1.82, 2.24) is 19.3 Å². The first-order chi connectivity index (χ1) is 8.38. The number of nitrogens with one attached hydrogen (secondary N) is 1. The molecule has 0 saturated heterocycles. The number of thioether (sulfide) groups is 1. The standard InChI is InChI=1S/C10H13N5S2/c1-2-3-11-9-5-12-8(4-13-9)6-16-10-14-7-15-17-10/h4-5,7H,2-3,6H2,1H3,(H,11,13). The van der Waals surface area contributed by atoms with Crippen LogP contribution in [-0.4, -0.2) is 25.9 Å². The predicted molar refractivity (Wildman–Crippen MR) is 70.3 cm³/mol. The molecule has 2 aromatic heterocycles. The molecule has 17 heavy (non-hydrogen) atoms. The van der Waals surface area contributed by atoms with Gasteiger partial charge < -0.3 is 5.32 Å². The molecule has 0 aliphatic rings. The van der Waals surface area contributed by atoms with Crippen molar-refractivity contribution in [2.75, 3.05) is 11.9 Å². The Morgan fingerprint density at radius 3 is 2.88 bits per heavy atom. The zero-order valence-corrected chi connectivity index (χ0v) is 11.1. The molecule has 0 aliphatic carbocycles. The summed E-state index contributed by atoms with van der Waals surface area (Å²) in [6.45, 7) is 3.04. The Morgan fingerprint density at radius 1 is 1.29 bits per heavy atom. The molecule has 0 saturated carbocycles. The van der Waals surface area contributed by atoms with Crippen LogP contribution in [0.15, 0.2) is 23.1 Å². The maximum Gasteiger partial charge on any atom is 0.170 e. The van der Waals surface area contributed by atoms with Crippen molar-refractivity contribution >= 4 is 29.1 Å². The molecule has 0 unspecified atom stereocenters. The second kappa shape index (κ2) is 6.51. The Bertz CT molecular complexity index is 428. The molecular weight excluding hydrogens is 254 g/mol. The van der Waals surface area contributed by atoms with Crippen molar-refractivity contribution in [3.8, 4) is 0 Å². The summed E-state index contributed by atoms with van der Waals surface area (Å²) in [6, 6.07) is 0. The van der Waals surface area contributed by atoms with E-state index >= 15 is 0 Å². The summed E-state index contributed by atoms with van der Waals surface area (Å²) in [7, 11) is 0. The molecule has 0 spiro atoms. The van der Waals surface area contributed by atoms with Crippen LogP contribution in [0.3, 0.4) is 0 Å². The molecule has 0 amide bonds. The van der Waals surface area contributed by atoms with Gasteiger partial charge in [-0.15, -0.1) is 0 Å². The van der Waals surface area contributed by atoms with Crippen LogP contribution in [0, 0.1) is 0 Å². The second-order valence-electron chi connectivity index (χ2n) is 3.32. The van der Waals surface area contributed by atoms with E-state index < -0.39 is 0 Å². The summed E-state index contributed by atoms with van der Waals surface area (Å²) < 4.78 is 4.90. The third-order valence-corrected chi connectivity index (χ3v) is 3.78. The Labute approximate surface area is 108 Å². The van der Waals surface area contributed by atoms with E-state index in [4.69, 9.17) is 0 Å². The van der Waals surface area contributed by atoms with E-state index in [-0.39, 0.29) is 0 Å². The Balaban J connectivity index is 1.85. The number of hydrogen-bond donors (Lipinski definition) is 1. The monoisotopic (exact) mass is 267 g/mol. The fraction of sp³-hybridized carbons (Fsp3) is 0.400. The lowest BCUT2D eigenvalue weighted by Gasteiger charge is -2.03. The van der Waals surface area contributed by atoms with Gasteiger partial charge in [0.15, 0.2) is 4.34 Å². The molecule has 0 aromatic carbocycles. The minimum Gasteiger partial charge on any atom is -0.369 e. The molecule has 5 nitrogen and oxygen atoms in total. The van der Waals surface area contributed by atoms with Gasteiger partial charge in [-0.05, 0) is 18.0 Å². The number of rotatable bonds is 6. The van der Waals surface area contributed by atoms with Gasteiger partial charge in [0, 0.05) is 12.3 Å². The van der Waals surface area contributed by atoms with Gasteiger partial charge in [-0.25, -0.2) is 9.97 Å². The highest BCUT2D eigenvalue weighted by atomic mass is 32.2. The molecule has 2 rings (SSSR count). The van der Waals surface area contributed by atoms with Gasteiger partial charge in [0.2, 0.25) is 0 Å². The predicted octanol–water partition coefficient (Wildman–Crippen LogP) is 2.44. The van der Waals surface area contributed by atoms with Crippen molar-refractivity contribution < 1.29 is 0 Å². The largest absolute Gasteiger partial charge is 0.369 e. The van der Waals surface area contributed by atoms with Gasteiger partial charge in [-0.1, -0.05) is 18.7 Å². The first kappa shape index (κ1) is 12.3. The third kappa shape index (κ3) is 3.94. The van der Waals surface area contributed by atoms with Crippen LogP contribution < -0.4 is 5.32 Å². The molecular formula is C10H13N5S2. The molecule has 0 atom stereocenters. The van der Waals surface area contributed by atoms with Crippen LogP contribution in [-0.2, 0) is 5.75 Å². The molecule has 90 valence electrons. The summed E-state index contributed by atoms with van der Waals surface area (Å²) in [4.78, 5) is 12.7. The molecule has 0 bridgehead atoms. The van der Waals surface area contributed by atoms with Crippen molar-refractivity contribution in [3.05, 3.63) is 24.4 Å². The highest BCUT2D eigenvalue weighted by Crippen LogP contribution is 2.21. The minimum atomic E-state index is 0.774. The minimum absolute atomic E-state index is 0.774. The fourth-order valence-electron chi connectivity index (χ4n) is 1.14. The lowest BCUT2D eigenvalue weighted by molar-refractivity contribution is 0.960. The van der Waals surface area contributed by atoms with Crippen LogP contribution in [0.2, 0.25) is 0 Å². The van der Waals surface area contributed by atoms with Gasteiger partial charge in [0.25, 0.3) is 0 Å². The average molecular weight is 267 g/mol. The van der Waals surface area contributed by atoms with E-state index in [0.717, 1.165) is 34.6 Å². The summed E-state index contributed by atoms with van der Waals surface area (Å²) >= 11 is 3.02. The first-order valence-electron chi connectivity index (χ1n) is 5.32. The lowest BCUT2D eigenvalue weighted by atomic mass is 10.4. The molecule has 0 aliphatic heterocycles. The van der Waals surface area contributed by atoms with E-state index in [1.54, 1.807) is 30.5 Å². The molecule has 2 aromatic rings. The van der Waals surface area contributed by atoms with E-state index in [1.165, 1.54) is 11.5 Å². The lowest BCUT2D eigenvalue weighted by Crippen LogP contribution is -2.02. The summed E-state index contributed by atoms with van der Waals surface area (Å²) in [5.41, 5.74) is 0.951. The number of nitrogens with zero attached hydrogens (tertiary/aromatic N) is 4. The van der Waals surface area contributed by atoms with Crippen molar-refractivity contribution in [3.63, 3.8) is 0 Å². The number of hydrogen-bond acceptors (Lipinski definition) is 7. The maximum atomic E-state index is 4.34.